The Labute approximate surface area is 114 Å². The Morgan fingerprint density at radius 2 is 2.11 bits per heavy atom. The van der Waals surface area contributed by atoms with E-state index in [4.69, 9.17) is 5.11 Å². The summed E-state index contributed by atoms with van der Waals surface area (Å²) in [5.41, 5.74) is 0. The van der Waals surface area contributed by atoms with Crippen molar-refractivity contribution in [2.75, 3.05) is 0 Å². The molecule has 102 valence electrons. The number of aliphatic carboxylic acids is 1. The summed E-state index contributed by atoms with van der Waals surface area (Å²) in [5, 5.41) is 21.9. The number of hydrogen-bond acceptors (Lipinski definition) is 5. The molecule has 0 radical (unpaired) electrons. The Hall–Kier alpha value is -1.50. The number of carbonyl (C=O) groups is 1. The van der Waals surface area contributed by atoms with Gasteiger partial charge in [0.05, 0.1) is 6.42 Å². The van der Waals surface area contributed by atoms with Gasteiger partial charge in [-0.2, -0.15) is 9.61 Å². The van der Waals surface area contributed by atoms with Crippen molar-refractivity contribution in [3.63, 3.8) is 0 Å². The second-order valence-electron chi connectivity index (χ2n) is 5.09. The zero-order chi connectivity index (χ0) is 13.2. The van der Waals surface area contributed by atoms with E-state index in [1.54, 1.807) is 4.52 Å². The number of aromatic nitrogens is 4. The first-order valence-corrected chi connectivity index (χ1v) is 7.46. The number of hydrogen-bond donors (Lipinski definition) is 1. The molecule has 1 saturated carbocycles. The van der Waals surface area contributed by atoms with Crippen molar-refractivity contribution in [2.45, 2.75) is 44.9 Å². The Bertz CT molecular complexity index is 586. The number of carboxylic acids is 1. The topological polar surface area (TPSA) is 80.4 Å². The van der Waals surface area contributed by atoms with Crippen molar-refractivity contribution in [3.05, 3.63) is 10.8 Å². The molecule has 0 saturated heterocycles. The minimum Gasteiger partial charge on any atom is -0.481 e. The Balaban J connectivity index is 1.78. The van der Waals surface area contributed by atoms with E-state index in [9.17, 15) is 4.79 Å². The predicted molar refractivity (Wildman–Crippen MR) is 70.3 cm³/mol. The Morgan fingerprint density at radius 3 is 2.84 bits per heavy atom. The van der Waals surface area contributed by atoms with E-state index < -0.39 is 5.97 Å². The van der Waals surface area contributed by atoms with Gasteiger partial charge in [0.25, 0.3) is 0 Å². The summed E-state index contributed by atoms with van der Waals surface area (Å²) in [5.74, 6) is 0.680. The summed E-state index contributed by atoms with van der Waals surface area (Å²) in [7, 11) is 0. The largest absolute Gasteiger partial charge is 0.481 e. The fourth-order valence-electron chi connectivity index (χ4n) is 2.67. The molecule has 2 aromatic heterocycles. The maximum atomic E-state index is 10.7. The summed E-state index contributed by atoms with van der Waals surface area (Å²) in [4.78, 5) is 11.4. The number of nitrogens with zero attached hydrogens (tertiary/aromatic N) is 4. The van der Waals surface area contributed by atoms with Crippen LogP contribution >= 0.6 is 11.3 Å². The van der Waals surface area contributed by atoms with Gasteiger partial charge in [-0.15, -0.1) is 10.2 Å². The molecule has 2 aromatic rings. The van der Waals surface area contributed by atoms with Gasteiger partial charge < -0.3 is 5.11 Å². The molecule has 0 aliphatic heterocycles. The van der Waals surface area contributed by atoms with Gasteiger partial charge in [-0.3, -0.25) is 4.79 Å². The van der Waals surface area contributed by atoms with Gasteiger partial charge >= 0.3 is 5.97 Å². The molecular weight excluding hydrogens is 264 g/mol. The summed E-state index contributed by atoms with van der Waals surface area (Å²) in [6.07, 6.45) is 7.30. The molecule has 0 unspecified atom stereocenters. The number of carboxylic acid groups (broad SMARTS) is 1. The SMILES string of the molecule is O=C(O)Cc1nn2c(CC3CCCCC3)nnc2s1. The number of fused-ring (bicyclic) bond motifs is 1. The van der Waals surface area contributed by atoms with Gasteiger partial charge in [-0.1, -0.05) is 43.4 Å². The van der Waals surface area contributed by atoms with Crippen LogP contribution in [0.4, 0.5) is 0 Å². The molecule has 19 heavy (non-hydrogen) atoms. The van der Waals surface area contributed by atoms with E-state index >= 15 is 0 Å². The van der Waals surface area contributed by atoms with Crippen LogP contribution in [0.15, 0.2) is 0 Å². The quantitative estimate of drug-likeness (QED) is 0.925. The average molecular weight is 280 g/mol. The highest BCUT2D eigenvalue weighted by atomic mass is 32.1. The third-order valence-electron chi connectivity index (χ3n) is 3.60. The molecule has 1 aliphatic rings. The second-order valence-corrected chi connectivity index (χ2v) is 6.13. The first-order chi connectivity index (χ1) is 9.22. The molecule has 0 bridgehead atoms. The third-order valence-corrected chi connectivity index (χ3v) is 4.49. The van der Waals surface area contributed by atoms with Gasteiger partial charge in [0.2, 0.25) is 4.96 Å². The van der Waals surface area contributed by atoms with Crippen LogP contribution in [0.1, 0.15) is 42.9 Å². The summed E-state index contributed by atoms with van der Waals surface area (Å²) in [6.45, 7) is 0. The van der Waals surface area contributed by atoms with E-state index in [2.05, 4.69) is 15.3 Å². The zero-order valence-electron chi connectivity index (χ0n) is 10.6. The maximum Gasteiger partial charge on any atom is 0.310 e. The van der Waals surface area contributed by atoms with E-state index in [-0.39, 0.29) is 6.42 Å². The smallest absolute Gasteiger partial charge is 0.310 e. The standard InChI is InChI=1S/C12H16N4O2S/c17-11(18)7-10-15-16-9(13-14-12(16)19-10)6-8-4-2-1-3-5-8/h8H,1-7H2,(H,17,18). The molecule has 6 nitrogen and oxygen atoms in total. The van der Waals surface area contributed by atoms with Gasteiger partial charge in [0.1, 0.15) is 5.01 Å². The number of rotatable bonds is 4. The minimum absolute atomic E-state index is 0.0447. The molecule has 1 N–H and O–H groups in total. The van der Waals surface area contributed by atoms with Crippen LogP contribution in [-0.2, 0) is 17.6 Å². The molecule has 0 spiro atoms. The normalized spacial score (nSPS) is 17.1. The van der Waals surface area contributed by atoms with Gasteiger partial charge in [0, 0.05) is 6.42 Å². The lowest BCUT2D eigenvalue weighted by atomic mass is 9.87. The first kappa shape index (κ1) is 12.5. The lowest BCUT2D eigenvalue weighted by Crippen LogP contribution is -2.12. The summed E-state index contributed by atoms with van der Waals surface area (Å²) >= 11 is 1.31. The lowest BCUT2D eigenvalue weighted by Gasteiger charge is -2.20. The van der Waals surface area contributed by atoms with Crippen molar-refractivity contribution in [2.24, 2.45) is 5.92 Å². The highest BCUT2D eigenvalue weighted by molar-refractivity contribution is 7.16. The summed E-state index contributed by atoms with van der Waals surface area (Å²) < 4.78 is 1.72. The van der Waals surface area contributed by atoms with E-state index in [1.165, 1.54) is 43.4 Å². The van der Waals surface area contributed by atoms with E-state index in [1.807, 2.05) is 0 Å². The molecule has 3 rings (SSSR count). The van der Waals surface area contributed by atoms with Gasteiger partial charge in [0.15, 0.2) is 5.82 Å². The second kappa shape index (κ2) is 5.24. The fraction of sp³-hybridized carbons (Fsp3) is 0.667. The van der Waals surface area contributed by atoms with Crippen molar-refractivity contribution < 1.29 is 9.90 Å². The van der Waals surface area contributed by atoms with E-state index in [0.29, 0.717) is 15.9 Å². The van der Waals surface area contributed by atoms with Crippen LogP contribution < -0.4 is 0 Å². The van der Waals surface area contributed by atoms with Crippen molar-refractivity contribution in [3.8, 4) is 0 Å². The minimum atomic E-state index is -0.862. The van der Waals surface area contributed by atoms with Gasteiger partial charge in [-0.25, -0.2) is 0 Å². The first-order valence-electron chi connectivity index (χ1n) is 6.64. The van der Waals surface area contributed by atoms with Crippen LogP contribution in [-0.4, -0.2) is 30.9 Å². The molecule has 0 aromatic carbocycles. The van der Waals surface area contributed by atoms with Crippen LogP contribution in [0.25, 0.3) is 4.96 Å². The van der Waals surface area contributed by atoms with Crippen molar-refractivity contribution in [1.82, 2.24) is 19.8 Å². The molecular formula is C12H16N4O2S. The van der Waals surface area contributed by atoms with Crippen LogP contribution in [0.2, 0.25) is 0 Å². The van der Waals surface area contributed by atoms with Crippen molar-refractivity contribution >= 4 is 22.3 Å². The predicted octanol–water partition coefficient (Wildman–Crippen LogP) is 1.94. The highest BCUT2D eigenvalue weighted by Crippen LogP contribution is 2.27. The molecule has 1 fully saturated rings. The Morgan fingerprint density at radius 1 is 1.32 bits per heavy atom. The van der Waals surface area contributed by atoms with Gasteiger partial charge in [-0.05, 0) is 5.92 Å². The molecule has 2 heterocycles. The molecule has 7 heteroatoms. The zero-order valence-corrected chi connectivity index (χ0v) is 11.4. The maximum absolute atomic E-state index is 10.7. The summed E-state index contributed by atoms with van der Waals surface area (Å²) in [6, 6.07) is 0. The Kier molecular flexibility index (Phi) is 3.46. The monoisotopic (exact) mass is 280 g/mol. The van der Waals surface area contributed by atoms with Crippen LogP contribution in [0.5, 0.6) is 0 Å². The van der Waals surface area contributed by atoms with Crippen molar-refractivity contribution in [1.29, 1.82) is 0 Å². The third kappa shape index (κ3) is 2.75. The average Bonchev–Trinajstić information content (AvgIpc) is 2.92. The fourth-order valence-corrected chi connectivity index (χ4v) is 3.52. The van der Waals surface area contributed by atoms with Crippen LogP contribution in [0, 0.1) is 5.92 Å². The molecule has 0 atom stereocenters. The van der Waals surface area contributed by atoms with Crippen LogP contribution in [0.3, 0.4) is 0 Å². The lowest BCUT2D eigenvalue weighted by molar-refractivity contribution is -0.136. The molecule has 1 aliphatic carbocycles. The highest BCUT2D eigenvalue weighted by Gasteiger charge is 2.19. The molecule has 0 amide bonds. The van der Waals surface area contributed by atoms with E-state index in [0.717, 1.165) is 12.2 Å².